The minimum absolute atomic E-state index is 0.00223. The second-order valence-electron chi connectivity index (χ2n) is 9.08. The Labute approximate surface area is 201 Å². The summed E-state index contributed by atoms with van der Waals surface area (Å²) in [6.45, 7) is 7.29. The molecule has 1 N–H and O–H groups in total. The van der Waals surface area contributed by atoms with E-state index in [1.807, 2.05) is 30.0 Å². The molecular weight excluding hydrogens is 432 g/mol. The van der Waals surface area contributed by atoms with Crippen LogP contribution in [-0.2, 0) is 4.79 Å². The van der Waals surface area contributed by atoms with E-state index in [1.54, 1.807) is 24.3 Å². The molecule has 2 heterocycles. The first kappa shape index (κ1) is 23.9. The van der Waals surface area contributed by atoms with E-state index in [9.17, 15) is 9.59 Å². The van der Waals surface area contributed by atoms with E-state index in [0.717, 1.165) is 37.0 Å². The number of carbonyl (C=O) groups excluding carboxylic acids is 2. The molecule has 34 heavy (non-hydrogen) atoms. The van der Waals surface area contributed by atoms with Gasteiger partial charge in [-0.1, -0.05) is 13.0 Å². The topological polar surface area (TPSA) is 77.1 Å². The van der Waals surface area contributed by atoms with Crippen molar-refractivity contribution in [2.45, 2.75) is 64.6 Å². The van der Waals surface area contributed by atoms with Crippen molar-refractivity contribution >= 4 is 11.8 Å². The van der Waals surface area contributed by atoms with E-state index < -0.39 is 0 Å². The molecule has 0 radical (unpaired) electrons. The van der Waals surface area contributed by atoms with Crippen molar-refractivity contribution in [3.8, 4) is 17.2 Å². The van der Waals surface area contributed by atoms with E-state index in [1.165, 1.54) is 0 Å². The van der Waals surface area contributed by atoms with Crippen LogP contribution in [0.5, 0.6) is 17.2 Å². The van der Waals surface area contributed by atoms with Crippen molar-refractivity contribution in [2.24, 2.45) is 0 Å². The average molecular weight is 467 g/mol. The number of hydrogen-bond donors (Lipinski definition) is 1. The fraction of sp³-hybridized carbons (Fsp3) is 0.481. The van der Waals surface area contributed by atoms with Gasteiger partial charge in [0.1, 0.15) is 19.0 Å². The van der Waals surface area contributed by atoms with Gasteiger partial charge in [0.15, 0.2) is 18.1 Å². The zero-order valence-corrected chi connectivity index (χ0v) is 20.2. The van der Waals surface area contributed by atoms with Gasteiger partial charge in [0, 0.05) is 17.6 Å². The van der Waals surface area contributed by atoms with E-state index in [2.05, 4.69) is 19.2 Å². The monoisotopic (exact) mass is 466 g/mol. The largest absolute Gasteiger partial charge is 0.486 e. The van der Waals surface area contributed by atoms with Gasteiger partial charge in [0.05, 0.1) is 6.04 Å². The fourth-order valence-electron chi connectivity index (χ4n) is 4.77. The lowest BCUT2D eigenvalue weighted by Crippen LogP contribution is -2.49. The molecule has 0 spiro atoms. The second kappa shape index (κ2) is 10.8. The van der Waals surface area contributed by atoms with Crippen LogP contribution in [0, 0.1) is 0 Å². The van der Waals surface area contributed by atoms with Crippen LogP contribution in [0.3, 0.4) is 0 Å². The maximum Gasteiger partial charge on any atom is 0.260 e. The number of nitrogens with one attached hydrogen (secondary N) is 1. The van der Waals surface area contributed by atoms with Gasteiger partial charge in [-0.25, -0.2) is 0 Å². The van der Waals surface area contributed by atoms with E-state index in [0.29, 0.717) is 30.3 Å². The van der Waals surface area contributed by atoms with Gasteiger partial charge in [-0.15, -0.1) is 0 Å². The second-order valence-corrected chi connectivity index (χ2v) is 9.08. The van der Waals surface area contributed by atoms with Gasteiger partial charge in [0.2, 0.25) is 0 Å². The summed E-state index contributed by atoms with van der Waals surface area (Å²) in [6.07, 6.45) is 3.96. The molecule has 0 saturated carbocycles. The van der Waals surface area contributed by atoms with Gasteiger partial charge in [-0.3, -0.25) is 9.59 Å². The predicted octanol–water partition coefficient (Wildman–Crippen LogP) is 4.51. The summed E-state index contributed by atoms with van der Waals surface area (Å²) in [5.41, 5.74) is 1.51. The molecule has 0 bridgehead atoms. The van der Waals surface area contributed by atoms with Crippen molar-refractivity contribution in [3.05, 3.63) is 53.6 Å². The molecule has 2 amide bonds. The number of ether oxygens (including phenoxy) is 3. The number of rotatable bonds is 7. The minimum atomic E-state index is -0.166. The number of nitrogens with zero attached hydrogens (tertiary/aromatic N) is 1. The summed E-state index contributed by atoms with van der Waals surface area (Å²) in [5, 5.41) is 3.09. The minimum Gasteiger partial charge on any atom is -0.486 e. The number of fused-ring (bicyclic) bond motifs is 1. The zero-order valence-electron chi connectivity index (χ0n) is 20.2. The summed E-state index contributed by atoms with van der Waals surface area (Å²) in [6, 6.07) is 13.0. The molecule has 4 rings (SSSR count). The lowest BCUT2D eigenvalue weighted by atomic mass is 9.97. The highest BCUT2D eigenvalue weighted by molar-refractivity contribution is 5.94. The molecule has 2 aromatic carbocycles. The molecule has 3 unspecified atom stereocenters. The van der Waals surface area contributed by atoms with Crippen molar-refractivity contribution in [3.63, 3.8) is 0 Å². The molecule has 2 aliphatic rings. The highest BCUT2D eigenvalue weighted by Gasteiger charge is 2.29. The first-order chi connectivity index (χ1) is 16.5. The Kier molecular flexibility index (Phi) is 7.60. The molecule has 3 atom stereocenters. The van der Waals surface area contributed by atoms with Gasteiger partial charge in [-0.05, 0) is 81.5 Å². The van der Waals surface area contributed by atoms with Crippen LogP contribution in [0.15, 0.2) is 42.5 Å². The van der Waals surface area contributed by atoms with Crippen molar-refractivity contribution in [1.29, 1.82) is 0 Å². The number of carbonyl (C=O) groups is 2. The number of piperidine rings is 1. The summed E-state index contributed by atoms with van der Waals surface area (Å²) in [7, 11) is 0. The molecule has 0 aliphatic carbocycles. The van der Waals surface area contributed by atoms with Crippen molar-refractivity contribution in [1.82, 2.24) is 10.2 Å². The first-order valence-corrected chi connectivity index (χ1v) is 12.2. The first-order valence-electron chi connectivity index (χ1n) is 12.2. The van der Waals surface area contributed by atoms with Crippen LogP contribution in [-0.4, -0.2) is 48.6 Å². The van der Waals surface area contributed by atoms with Crippen LogP contribution in [0.25, 0.3) is 0 Å². The molecule has 7 nitrogen and oxygen atoms in total. The maximum atomic E-state index is 12.9. The molecule has 1 fully saturated rings. The Balaban J connectivity index is 1.34. The average Bonchev–Trinajstić information content (AvgIpc) is 2.85. The van der Waals surface area contributed by atoms with E-state index >= 15 is 0 Å². The van der Waals surface area contributed by atoms with Crippen LogP contribution in [0.2, 0.25) is 0 Å². The Bertz CT molecular complexity index is 997. The Morgan fingerprint density at radius 2 is 1.71 bits per heavy atom. The quantitative estimate of drug-likeness (QED) is 0.650. The lowest BCUT2D eigenvalue weighted by Gasteiger charge is -2.38. The standard InChI is InChI=1S/C27H34N2O5/c1-4-23(21-10-13-24-25(16-21)33-15-14-32-24)28-27(31)20-8-11-22(12-9-20)34-17-26(30)29-18(2)6-5-7-19(29)3/h8-13,16,18-19,23H,4-7,14-15,17H2,1-3H3,(H,28,31). The number of likely N-dealkylation sites (tertiary alicyclic amines) is 1. The van der Waals surface area contributed by atoms with Crippen LogP contribution >= 0.6 is 0 Å². The highest BCUT2D eigenvalue weighted by Crippen LogP contribution is 2.33. The Morgan fingerprint density at radius 3 is 2.38 bits per heavy atom. The summed E-state index contributed by atoms with van der Waals surface area (Å²) < 4.78 is 17.0. The third-order valence-electron chi connectivity index (χ3n) is 6.64. The van der Waals surface area contributed by atoms with Crippen LogP contribution < -0.4 is 19.5 Å². The van der Waals surface area contributed by atoms with Gasteiger partial charge < -0.3 is 24.4 Å². The Morgan fingerprint density at radius 1 is 1.03 bits per heavy atom. The summed E-state index contributed by atoms with van der Waals surface area (Å²) in [5.74, 6) is 1.85. The lowest BCUT2D eigenvalue weighted by molar-refractivity contribution is -0.139. The Hall–Kier alpha value is -3.22. The van der Waals surface area contributed by atoms with Gasteiger partial charge in [-0.2, -0.15) is 0 Å². The number of hydrogen-bond acceptors (Lipinski definition) is 5. The van der Waals surface area contributed by atoms with E-state index in [-0.39, 0.29) is 36.5 Å². The smallest absolute Gasteiger partial charge is 0.260 e. The molecule has 182 valence electrons. The third-order valence-corrected chi connectivity index (χ3v) is 6.64. The predicted molar refractivity (Wildman–Crippen MR) is 129 cm³/mol. The molecule has 2 aliphatic heterocycles. The normalized spacial score (nSPS) is 20.4. The van der Waals surface area contributed by atoms with Gasteiger partial charge >= 0.3 is 0 Å². The molecule has 2 aromatic rings. The summed E-state index contributed by atoms with van der Waals surface area (Å²) in [4.78, 5) is 27.5. The zero-order chi connectivity index (χ0) is 24.1. The SMILES string of the molecule is CCC(NC(=O)c1ccc(OCC(=O)N2C(C)CCCC2C)cc1)c1ccc2c(c1)OCCO2. The molecule has 1 saturated heterocycles. The van der Waals surface area contributed by atoms with Gasteiger partial charge in [0.25, 0.3) is 11.8 Å². The highest BCUT2D eigenvalue weighted by atomic mass is 16.6. The number of amides is 2. The molecule has 0 aromatic heterocycles. The maximum absolute atomic E-state index is 12.9. The number of benzene rings is 2. The molecule has 7 heteroatoms. The van der Waals surface area contributed by atoms with Crippen molar-refractivity contribution < 1.29 is 23.8 Å². The van der Waals surface area contributed by atoms with E-state index in [4.69, 9.17) is 14.2 Å². The van der Waals surface area contributed by atoms with Crippen molar-refractivity contribution in [2.75, 3.05) is 19.8 Å². The van der Waals surface area contributed by atoms with Crippen LogP contribution in [0.1, 0.15) is 68.4 Å². The summed E-state index contributed by atoms with van der Waals surface area (Å²) >= 11 is 0. The molecular formula is C27H34N2O5. The van der Waals surface area contributed by atoms with Crippen LogP contribution in [0.4, 0.5) is 0 Å². The third kappa shape index (κ3) is 5.46. The fourth-order valence-corrected chi connectivity index (χ4v) is 4.77.